The van der Waals surface area contributed by atoms with Crippen LogP contribution in [0.3, 0.4) is 0 Å². The summed E-state index contributed by atoms with van der Waals surface area (Å²) in [4.78, 5) is 39.4. The van der Waals surface area contributed by atoms with Gasteiger partial charge in [0, 0.05) is 40.5 Å². The van der Waals surface area contributed by atoms with Crippen molar-refractivity contribution >= 4 is 34.5 Å². The number of carbonyl (C=O) groups excluding carboxylic acids is 2. The van der Waals surface area contributed by atoms with Gasteiger partial charge in [-0.2, -0.15) is 0 Å². The molecule has 28 heavy (non-hydrogen) atoms. The molecule has 0 N–H and O–H groups in total. The fourth-order valence-corrected chi connectivity index (χ4v) is 4.02. The van der Waals surface area contributed by atoms with E-state index in [9.17, 15) is 19.7 Å². The Morgan fingerprint density at radius 3 is 2.54 bits per heavy atom. The first-order chi connectivity index (χ1) is 13.4. The van der Waals surface area contributed by atoms with Crippen LogP contribution in [-0.4, -0.2) is 49.6 Å². The minimum absolute atomic E-state index is 0.0714. The Morgan fingerprint density at radius 1 is 1.21 bits per heavy atom. The number of esters is 1. The molecule has 0 amide bonds. The first-order valence-corrected chi connectivity index (χ1v) is 9.57. The van der Waals surface area contributed by atoms with Crippen LogP contribution in [0.25, 0.3) is 0 Å². The molecule has 1 aliphatic heterocycles. The quantitative estimate of drug-likeness (QED) is 0.316. The second-order valence-corrected chi connectivity index (χ2v) is 7.84. The number of nitro groups is 1. The van der Waals surface area contributed by atoms with Crippen LogP contribution in [0, 0.1) is 24.0 Å². The molecule has 2 aromatic rings. The molecule has 3 rings (SSSR count). The van der Waals surface area contributed by atoms with Crippen LogP contribution in [0.4, 0.5) is 11.4 Å². The average Bonchev–Trinajstić information content (AvgIpc) is 3.04. The molecule has 1 fully saturated rings. The number of anilines is 1. The van der Waals surface area contributed by atoms with E-state index in [1.54, 1.807) is 6.07 Å². The Labute approximate surface area is 165 Å². The zero-order chi connectivity index (χ0) is 20.3. The fraction of sp³-hybridized carbons (Fsp3) is 0.368. The molecule has 0 saturated carbocycles. The molecular weight excluding hydrogens is 384 g/mol. The summed E-state index contributed by atoms with van der Waals surface area (Å²) in [7, 11) is 0. The molecule has 148 valence electrons. The summed E-state index contributed by atoms with van der Waals surface area (Å²) in [6.45, 7) is 5.44. The van der Waals surface area contributed by atoms with Gasteiger partial charge in [0.15, 0.2) is 6.61 Å². The predicted octanol–water partition coefficient (Wildman–Crippen LogP) is 3.15. The molecule has 1 aliphatic rings. The third kappa shape index (κ3) is 4.37. The van der Waals surface area contributed by atoms with E-state index in [2.05, 4.69) is 0 Å². The number of thiophene rings is 1. The van der Waals surface area contributed by atoms with Crippen molar-refractivity contribution in [3.05, 3.63) is 55.3 Å². The maximum absolute atomic E-state index is 12.7. The van der Waals surface area contributed by atoms with Crippen LogP contribution in [0.5, 0.6) is 0 Å². The molecule has 2 heterocycles. The Bertz CT molecular complexity index is 917. The summed E-state index contributed by atoms with van der Waals surface area (Å²) in [6, 6.07) is 5.85. The highest BCUT2D eigenvalue weighted by Gasteiger charge is 2.24. The van der Waals surface area contributed by atoms with Crippen molar-refractivity contribution < 1.29 is 24.0 Å². The topological polar surface area (TPSA) is 99.0 Å². The molecule has 0 spiro atoms. The zero-order valence-electron chi connectivity index (χ0n) is 15.6. The highest BCUT2D eigenvalue weighted by molar-refractivity contribution is 7.12. The van der Waals surface area contributed by atoms with Gasteiger partial charge in [-0.25, -0.2) is 4.79 Å². The van der Waals surface area contributed by atoms with Crippen LogP contribution in [-0.2, 0) is 9.47 Å². The average molecular weight is 404 g/mol. The zero-order valence-corrected chi connectivity index (χ0v) is 16.4. The van der Waals surface area contributed by atoms with Crippen LogP contribution in [0.1, 0.15) is 30.5 Å². The maximum Gasteiger partial charge on any atom is 0.340 e. The van der Waals surface area contributed by atoms with E-state index in [-0.39, 0.29) is 17.0 Å². The lowest BCUT2D eigenvalue weighted by molar-refractivity contribution is -0.384. The summed E-state index contributed by atoms with van der Waals surface area (Å²) in [5, 5.41) is 11.1. The van der Waals surface area contributed by atoms with E-state index in [0.29, 0.717) is 37.6 Å². The van der Waals surface area contributed by atoms with Crippen LogP contribution >= 0.6 is 11.3 Å². The Morgan fingerprint density at radius 2 is 1.93 bits per heavy atom. The summed E-state index contributed by atoms with van der Waals surface area (Å²) in [5.41, 5.74) is 0.929. The molecule has 0 unspecified atom stereocenters. The van der Waals surface area contributed by atoms with Crippen LogP contribution in [0.2, 0.25) is 0 Å². The Hall–Kier alpha value is -2.78. The summed E-state index contributed by atoms with van der Waals surface area (Å²) in [6.07, 6.45) is 0. The van der Waals surface area contributed by atoms with Crippen molar-refractivity contribution in [2.75, 3.05) is 37.8 Å². The highest BCUT2D eigenvalue weighted by atomic mass is 32.1. The van der Waals surface area contributed by atoms with E-state index < -0.39 is 17.5 Å². The lowest BCUT2D eigenvalue weighted by atomic mass is 10.1. The Balaban J connectivity index is 1.80. The third-order valence-corrected chi connectivity index (χ3v) is 5.40. The van der Waals surface area contributed by atoms with Crippen molar-refractivity contribution in [2.24, 2.45) is 0 Å². The molecule has 1 aromatic carbocycles. The summed E-state index contributed by atoms with van der Waals surface area (Å²) in [5.74, 6) is -1.06. The second-order valence-electron chi connectivity index (χ2n) is 6.38. The number of non-ortho nitro benzene ring substituents is 1. The van der Waals surface area contributed by atoms with Gasteiger partial charge in [-0.3, -0.25) is 14.9 Å². The molecular formula is C19H20N2O6S. The number of ether oxygens (including phenoxy) is 2. The largest absolute Gasteiger partial charge is 0.454 e. The molecule has 1 aromatic heterocycles. The third-order valence-electron chi connectivity index (χ3n) is 4.44. The van der Waals surface area contributed by atoms with E-state index in [0.717, 1.165) is 9.75 Å². The molecule has 0 radical (unpaired) electrons. The van der Waals surface area contributed by atoms with Crippen molar-refractivity contribution in [3.63, 3.8) is 0 Å². The molecule has 1 saturated heterocycles. The second kappa shape index (κ2) is 8.49. The number of Topliss-reactive ketones (excluding diaryl/α,β-unsaturated/α-hetero) is 1. The van der Waals surface area contributed by atoms with E-state index in [1.165, 1.54) is 29.5 Å². The number of ketones is 1. The molecule has 9 heteroatoms. The van der Waals surface area contributed by atoms with Gasteiger partial charge in [0.05, 0.1) is 29.4 Å². The van der Waals surface area contributed by atoms with Gasteiger partial charge in [0.2, 0.25) is 5.78 Å². The summed E-state index contributed by atoms with van der Waals surface area (Å²) < 4.78 is 10.5. The van der Waals surface area contributed by atoms with Gasteiger partial charge in [0.1, 0.15) is 0 Å². The van der Waals surface area contributed by atoms with Gasteiger partial charge in [-0.1, -0.05) is 0 Å². The number of nitrogens with zero attached hydrogens (tertiary/aromatic N) is 2. The number of carbonyl (C=O) groups is 2. The molecule has 8 nitrogen and oxygen atoms in total. The Kier molecular flexibility index (Phi) is 6.05. The number of nitro benzene ring substituents is 1. The lowest BCUT2D eigenvalue weighted by Gasteiger charge is -2.30. The summed E-state index contributed by atoms with van der Waals surface area (Å²) >= 11 is 1.50. The maximum atomic E-state index is 12.7. The lowest BCUT2D eigenvalue weighted by Crippen LogP contribution is -2.37. The molecule has 0 atom stereocenters. The van der Waals surface area contributed by atoms with E-state index in [1.807, 2.05) is 18.7 Å². The minimum atomic E-state index is -0.761. The first kappa shape index (κ1) is 20.0. The number of benzene rings is 1. The number of morpholine rings is 1. The first-order valence-electron chi connectivity index (χ1n) is 8.75. The van der Waals surface area contributed by atoms with Gasteiger partial charge < -0.3 is 14.4 Å². The normalized spacial score (nSPS) is 14.0. The highest BCUT2D eigenvalue weighted by Crippen LogP contribution is 2.27. The fourth-order valence-electron chi connectivity index (χ4n) is 3.08. The van der Waals surface area contributed by atoms with Gasteiger partial charge in [-0.05, 0) is 26.0 Å². The van der Waals surface area contributed by atoms with Gasteiger partial charge in [0.25, 0.3) is 5.69 Å². The van der Waals surface area contributed by atoms with Crippen LogP contribution < -0.4 is 4.90 Å². The number of aryl methyl sites for hydroxylation is 2. The van der Waals surface area contributed by atoms with E-state index >= 15 is 0 Å². The van der Waals surface area contributed by atoms with Crippen molar-refractivity contribution in [3.8, 4) is 0 Å². The molecule has 0 aliphatic carbocycles. The van der Waals surface area contributed by atoms with Crippen molar-refractivity contribution in [1.29, 1.82) is 0 Å². The smallest absolute Gasteiger partial charge is 0.340 e. The van der Waals surface area contributed by atoms with Crippen molar-refractivity contribution in [1.82, 2.24) is 0 Å². The van der Waals surface area contributed by atoms with Crippen molar-refractivity contribution in [2.45, 2.75) is 13.8 Å². The number of hydrogen-bond donors (Lipinski definition) is 0. The van der Waals surface area contributed by atoms with Crippen LogP contribution in [0.15, 0.2) is 24.3 Å². The monoisotopic (exact) mass is 404 g/mol. The number of hydrogen-bond acceptors (Lipinski definition) is 8. The minimum Gasteiger partial charge on any atom is -0.454 e. The van der Waals surface area contributed by atoms with Gasteiger partial charge in [-0.15, -0.1) is 11.3 Å². The predicted molar refractivity (Wildman–Crippen MR) is 105 cm³/mol. The SMILES string of the molecule is Cc1cc(C(=O)COC(=O)c2cc([N+](=O)[O-])ccc2N2CCOCC2)c(C)s1. The van der Waals surface area contributed by atoms with E-state index in [4.69, 9.17) is 9.47 Å². The number of rotatable bonds is 6. The standard InChI is InChI=1S/C19H20N2O6S/c1-12-9-15(13(2)28-12)18(22)11-27-19(23)16-10-14(21(24)25)3-4-17(16)20-5-7-26-8-6-20/h3-4,9-10H,5-8,11H2,1-2H3. The van der Waals surface area contributed by atoms with Gasteiger partial charge >= 0.3 is 5.97 Å². The molecule has 0 bridgehead atoms.